The van der Waals surface area contributed by atoms with E-state index in [1.807, 2.05) is 18.2 Å². The Balaban J connectivity index is 1.19. The first kappa shape index (κ1) is 30.6. The summed E-state index contributed by atoms with van der Waals surface area (Å²) in [4.78, 5) is 18.5. The van der Waals surface area contributed by atoms with Crippen LogP contribution in [0.2, 0.25) is 0 Å². The molecule has 2 saturated heterocycles. The number of likely N-dealkylation sites (N-methyl/N-ethyl adjacent to an activating group) is 1. The summed E-state index contributed by atoms with van der Waals surface area (Å²) in [7, 11) is 0.291. The van der Waals surface area contributed by atoms with Gasteiger partial charge in [-0.25, -0.2) is 17.3 Å². The molecule has 236 valence electrons. The maximum Gasteiger partial charge on any atom is 0.258 e. The predicted molar refractivity (Wildman–Crippen MR) is 166 cm³/mol. The van der Waals surface area contributed by atoms with E-state index >= 15 is 0 Å². The Bertz CT molecular complexity index is 1490. The number of aromatic nitrogens is 2. The minimum absolute atomic E-state index is 0.0503. The normalized spacial score (nSPS) is 18.6. The van der Waals surface area contributed by atoms with Gasteiger partial charge in [0.2, 0.25) is 0 Å². The number of nitrogens with zero attached hydrogens (tertiary/aromatic N) is 4. The van der Waals surface area contributed by atoms with Gasteiger partial charge in [0.15, 0.2) is 5.82 Å². The van der Waals surface area contributed by atoms with Crippen molar-refractivity contribution in [3.8, 4) is 0 Å². The van der Waals surface area contributed by atoms with Crippen molar-refractivity contribution < 1.29 is 22.5 Å². The highest BCUT2D eigenvalue weighted by Crippen LogP contribution is 2.30. The Morgan fingerprint density at radius 1 is 1.11 bits per heavy atom. The minimum atomic E-state index is -1.79. The molecule has 0 radical (unpaired) electrons. The third-order valence-electron chi connectivity index (χ3n) is 8.62. The van der Waals surface area contributed by atoms with Gasteiger partial charge in [-0.2, -0.15) is 5.10 Å². The van der Waals surface area contributed by atoms with Crippen molar-refractivity contribution in [3.63, 3.8) is 0 Å². The van der Waals surface area contributed by atoms with Crippen LogP contribution in [0.4, 0.5) is 26.0 Å². The molecule has 0 aliphatic carbocycles. The fourth-order valence-electron chi connectivity index (χ4n) is 6.04. The lowest BCUT2D eigenvalue weighted by atomic mass is 10.1. The third kappa shape index (κ3) is 7.12. The molecule has 3 aliphatic heterocycles. The Hall–Kier alpha value is -3.39. The Morgan fingerprint density at radius 2 is 1.86 bits per heavy atom. The molecular weight excluding hydrogens is 588 g/mol. The van der Waals surface area contributed by atoms with Crippen LogP contribution in [0.1, 0.15) is 47.3 Å². The standard InChI is InChI=1S/C31H39F2N7O3S/c1-38(12-13-39-9-2-3-10-39)24-4-5-26(29(19-24)34-23-7-14-43-15-8-23)31(41)35-30-27-20-40(11-6-28(27)36-37-30)44(42)25-17-21(32)16-22(33)18-25/h4-5,16-19,23,34H,2-3,6-15,20H2,1H3,(H2,35,36,37,41). The van der Waals surface area contributed by atoms with Gasteiger partial charge in [0, 0.05) is 87.6 Å². The fraction of sp³-hybridized carbons (Fsp3) is 0.484. The van der Waals surface area contributed by atoms with Gasteiger partial charge < -0.3 is 25.2 Å². The number of aromatic amines is 1. The van der Waals surface area contributed by atoms with Crippen molar-refractivity contribution in [1.29, 1.82) is 0 Å². The Kier molecular flexibility index (Phi) is 9.55. The molecule has 0 saturated carbocycles. The molecule has 1 amide bonds. The van der Waals surface area contributed by atoms with Gasteiger partial charge in [-0.15, -0.1) is 0 Å². The summed E-state index contributed by atoms with van der Waals surface area (Å²) in [5.41, 5.74) is 3.80. The van der Waals surface area contributed by atoms with Crippen molar-refractivity contribution in [3.05, 3.63) is 64.9 Å². The van der Waals surface area contributed by atoms with Crippen LogP contribution in [0.3, 0.4) is 0 Å². The van der Waals surface area contributed by atoms with E-state index < -0.39 is 22.6 Å². The van der Waals surface area contributed by atoms with Gasteiger partial charge in [0.25, 0.3) is 5.91 Å². The van der Waals surface area contributed by atoms with Crippen molar-refractivity contribution in [2.24, 2.45) is 0 Å². The number of anilines is 3. The van der Waals surface area contributed by atoms with E-state index in [4.69, 9.17) is 4.74 Å². The molecular formula is C31H39F2N7O3S. The fourth-order valence-corrected chi connectivity index (χ4v) is 7.27. The minimum Gasteiger partial charge on any atom is -0.381 e. The molecule has 1 aromatic heterocycles. The molecule has 10 nitrogen and oxygen atoms in total. The number of hydrogen-bond donors (Lipinski definition) is 3. The van der Waals surface area contributed by atoms with Crippen LogP contribution in [0.15, 0.2) is 41.3 Å². The molecule has 3 aliphatic rings. The van der Waals surface area contributed by atoms with Crippen molar-refractivity contribution >= 4 is 34.1 Å². The summed E-state index contributed by atoms with van der Waals surface area (Å²) in [6.45, 7) is 6.14. The zero-order valence-corrected chi connectivity index (χ0v) is 25.7. The SMILES string of the molecule is CN(CCN1CCCC1)c1ccc(C(=O)Nc2n[nH]c3c2CN(S(=O)c2cc(F)cc(F)c2)CC3)c(NC2CCOCC2)c1. The average Bonchev–Trinajstić information content (AvgIpc) is 3.69. The average molecular weight is 628 g/mol. The number of amides is 1. The van der Waals surface area contributed by atoms with E-state index in [1.54, 1.807) is 4.31 Å². The van der Waals surface area contributed by atoms with E-state index in [9.17, 15) is 17.8 Å². The van der Waals surface area contributed by atoms with Crippen LogP contribution in [0.5, 0.6) is 0 Å². The Labute approximate surface area is 258 Å². The van der Waals surface area contributed by atoms with Crippen LogP contribution in [0.25, 0.3) is 0 Å². The molecule has 3 aromatic rings. The van der Waals surface area contributed by atoms with Gasteiger partial charge in [-0.1, -0.05) is 0 Å². The number of halogens is 2. The van der Waals surface area contributed by atoms with Crippen LogP contribution in [-0.2, 0) is 28.7 Å². The zero-order valence-electron chi connectivity index (χ0n) is 24.9. The first-order valence-corrected chi connectivity index (χ1v) is 16.4. The Morgan fingerprint density at radius 3 is 2.61 bits per heavy atom. The summed E-state index contributed by atoms with van der Waals surface area (Å²) in [5.74, 6) is -1.53. The molecule has 2 aromatic carbocycles. The first-order valence-electron chi connectivity index (χ1n) is 15.3. The summed E-state index contributed by atoms with van der Waals surface area (Å²) in [5, 5.41) is 13.9. The molecule has 2 fully saturated rings. The largest absolute Gasteiger partial charge is 0.381 e. The summed E-state index contributed by atoms with van der Waals surface area (Å²) >= 11 is 0. The van der Waals surface area contributed by atoms with Gasteiger partial charge in [-0.3, -0.25) is 9.89 Å². The number of hydrogen-bond acceptors (Lipinski definition) is 7. The molecule has 13 heteroatoms. The zero-order chi connectivity index (χ0) is 30.6. The second kappa shape index (κ2) is 13.7. The van der Waals surface area contributed by atoms with E-state index in [1.165, 1.54) is 12.8 Å². The number of benzene rings is 2. The molecule has 1 unspecified atom stereocenters. The highest BCUT2D eigenvalue weighted by atomic mass is 32.2. The van der Waals surface area contributed by atoms with E-state index in [0.29, 0.717) is 43.1 Å². The molecule has 6 rings (SSSR count). The lowest BCUT2D eigenvalue weighted by Gasteiger charge is -2.28. The van der Waals surface area contributed by atoms with Gasteiger partial charge >= 0.3 is 0 Å². The lowest BCUT2D eigenvalue weighted by Crippen LogP contribution is -2.33. The van der Waals surface area contributed by atoms with Crippen LogP contribution in [0, 0.1) is 11.6 Å². The molecule has 0 spiro atoms. The highest BCUT2D eigenvalue weighted by Gasteiger charge is 2.28. The molecule has 1 atom stereocenters. The van der Waals surface area contributed by atoms with Crippen molar-refractivity contribution in [2.75, 3.05) is 68.5 Å². The molecule has 44 heavy (non-hydrogen) atoms. The highest BCUT2D eigenvalue weighted by molar-refractivity contribution is 7.82. The number of fused-ring (bicyclic) bond motifs is 1. The lowest BCUT2D eigenvalue weighted by molar-refractivity contribution is 0.0904. The van der Waals surface area contributed by atoms with Crippen LogP contribution in [-0.4, -0.2) is 88.5 Å². The maximum atomic E-state index is 13.8. The number of ether oxygens (including phenoxy) is 1. The van der Waals surface area contributed by atoms with Crippen molar-refractivity contribution in [2.45, 2.75) is 49.6 Å². The maximum absolute atomic E-state index is 13.8. The quantitative estimate of drug-likeness (QED) is 0.310. The van der Waals surface area contributed by atoms with E-state index in [0.717, 1.165) is 74.3 Å². The van der Waals surface area contributed by atoms with Crippen LogP contribution < -0.4 is 15.5 Å². The predicted octanol–water partition coefficient (Wildman–Crippen LogP) is 4.14. The van der Waals surface area contributed by atoms with Gasteiger partial charge in [0.05, 0.1) is 10.5 Å². The van der Waals surface area contributed by atoms with Gasteiger partial charge in [0.1, 0.15) is 22.6 Å². The van der Waals surface area contributed by atoms with E-state index in [-0.39, 0.29) is 23.4 Å². The number of carbonyl (C=O) groups is 1. The molecule has 3 N–H and O–H groups in total. The monoisotopic (exact) mass is 627 g/mol. The van der Waals surface area contributed by atoms with Gasteiger partial charge in [-0.05, 0) is 69.1 Å². The van der Waals surface area contributed by atoms with Crippen LogP contribution >= 0.6 is 0 Å². The first-order chi connectivity index (χ1) is 21.3. The second-order valence-corrected chi connectivity index (χ2v) is 13.2. The number of rotatable bonds is 10. The van der Waals surface area contributed by atoms with E-state index in [2.05, 4.69) is 37.7 Å². The number of likely N-dealkylation sites (tertiary alicyclic amines) is 1. The second-order valence-electron chi connectivity index (χ2n) is 11.7. The molecule has 4 heterocycles. The number of nitrogens with one attached hydrogen (secondary N) is 3. The van der Waals surface area contributed by atoms with Crippen molar-refractivity contribution in [1.82, 2.24) is 19.4 Å². The summed E-state index contributed by atoms with van der Waals surface area (Å²) < 4.78 is 47.9. The number of H-pyrrole nitrogens is 1. The smallest absolute Gasteiger partial charge is 0.258 e. The topological polar surface area (TPSA) is 106 Å². The summed E-state index contributed by atoms with van der Waals surface area (Å²) in [6.07, 6.45) is 4.72. The third-order valence-corrected chi connectivity index (χ3v) is 10.0. The molecule has 0 bridgehead atoms. The number of carbonyl (C=O) groups excluding carboxylic acids is 1. The summed E-state index contributed by atoms with van der Waals surface area (Å²) in [6, 6.07) is 8.95.